The summed E-state index contributed by atoms with van der Waals surface area (Å²) in [6, 6.07) is 6.47. The van der Waals surface area contributed by atoms with Crippen LogP contribution in [0.25, 0.3) is 10.9 Å². The monoisotopic (exact) mass is 242 g/mol. The van der Waals surface area contributed by atoms with E-state index in [2.05, 4.69) is 33.9 Å². The highest BCUT2D eigenvalue weighted by molar-refractivity contribution is 5.91. The van der Waals surface area contributed by atoms with Gasteiger partial charge in [0, 0.05) is 36.4 Å². The predicted octanol–water partition coefficient (Wildman–Crippen LogP) is 1.80. The number of aromatic nitrogens is 2. The Morgan fingerprint density at radius 2 is 2.22 bits per heavy atom. The second-order valence-corrected chi connectivity index (χ2v) is 5.24. The van der Waals surface area contributed by atoms with Crippen LogP contribution >= 0.6 is 0 Å². The van der Waals surface area contributed by atoms with Crippen molar-refractivity contribution in [2.24, 2.45) is 11.7 Å². The van der Waals surface area contributed by atoms with Gasteiger partial charge in [-0.25, -0.2) is 9.97 Å². The third-order valence-corrected chi connectivity index (χ3v) is 3.56. The van der Waals surface area contributed by atoms with Crippen molar-refractivity contribution in [3.05, 3.63) is 30.7 Å². The van der Waals surface area contributed by atoms with Crippen molar-refractivity contribution in [2.75, 3.05) is 18.0 Å². The average Bonchev–Trinajstić information content (AvgIpc) is 2.37. The van der Waals surface area contributed by atoms with Crippen molar-refractivity contribution in [2.45, 2.75) is 19.4 Å². The zero-order valence-corrected chi connectivity index (χ0v) is 10.6. The van der Waals surface area contributed by atoms with E-state index < -0.39 is 0 Å². The molecule has 2 aromatic rings. The standard InChI is InChI=1S/C14H18N4/c1-10-5-11(15)8-18(7-10)14-4-2-3-13-12(14)6-16-9-17-13/h2-4,6,9-11H,5,7-8,15H2,1H3. The first kappa shape index (κ1) is 11.4. The third-order valence-electron chi connectivity index (χ3n) is 3.56. The molecule has 2 N–H and O–H groups in total. The lowest BCUT2D eigenvalue weighted by Crippen LogP contribution is -2.46. The summed E-state index contributed by atoms with van der Waals surface area (Å²) < 4.78 is 0. The van der Waals surface area contributed by atoms with Gasteiger partial charge in [0.2, 0.25) is 0 Å². The van der Waals surface area contributed by atoms with Crippen molar-refractivity contribution in [3.8, 4) is 0 Å². The first-order valence-corrected chi connectivity index (χ1v) is 6.43. The van der Waals surface area contributed by atoms with Gasteiger partial charge in [-0.05, 0) is 24.5 Å². The highest BCUT2D eigenvalue weighted by Crippen LogP contribution is 2.28. The molecule has 1 aromatic heterocycles. The molecule has 4 heteroatoms. The molecule has 1 fully saturated rings. The number of piperidine rings is 1. The molecule has 0 amide bonds. The molecule has 1 saturated heterocycles. The van der Waals surface area contributed by atoms with E-state index in [4.69, 9.17) is 5.73 Å². The summed E-state index contributed by atoms with van der Waals surface area (Å²) in [5.41, 5.74) is 8.32. The number of benzene rings is 1. The smallest absolute Gasteiger partial charge is 0.116 e. The number of hydrogen-bond acceptors (Lipinski definition) is 4. The maximum Gasteiger partial charge on any atom is 0.116 e. The van der Waals surface area contributed by atoms with E-state index in [0.717, 1.165) is 30.4 Å². The Labute approximate surface area is 107 Å². The second kappa shape index (κ2) is 4.53. The fourth-order valence-electron chi connectivity index (χ4n) is 2.86. The summed E-state index contributed by atoms with van der Waals surface area (Å²) in [7, 11) is 0. The lowest BCUT2D eigenvalue weighted by Gasteiger charge is -2.36. The van der Waals surface area contributed by atoms with Gasteiger partial charge >= 0.3 is 0 Å². The first-order chi connectivity index (χ1) is 8.74. The van der Waals surface area contributed by atoms with Crippen LogP contribution < -0.4 is 10.6 Å². The topological polar surface area (TPSA) is 55.0 Å². The molecule has 2 heterocycles. The number of hydrogen-bond donors (Lipinski definition) is 1. The summed E-state index contributed by atoms with van der Waals surface area (Å²) in [5, 5.41) is 1.11. The molecular weight excluding hydrogens is 224 g/mol. The maximum absolute atomic E-state index is 6.12. The van der Waals surface area contributed by atoms with Crippen molar-refractivity contribution in [1.29, 1.82) is 0 Å². The van der Waals surface area contributed by atoms with Gasteiger partial charge in [-0.1, -0.05) is 13.0 Å². The molecule has 2 unspecified atom stereocenters. The van der Waals surface area contributed by atoms with E-state index in [1.165, 1.54) is 5.69 Å². The second-order valence-electron chi connectivity index (χ2n) is 5.24. The normalized spacial score (nSPS) is 24.4. The van der Waals surface area contributed by atoms with E-state index in [1.807, 2.05) is 12.3 Å². The maximum atomic E-state index is 6.12. The van der Waals surface area contributed by atoms with Crippen LogP contribution in [0.3, 0.4) is 0 Å². The van der Waals surface area contributed by atoms with E-state index in [1.54, 1.807) is 6.33 Å². The summed E-state index contributed by atoms with van der Waals surface area (Å²) in [6.07, 6.45) is 4.59. The lowest BCUT2D eigenvalue weighted by molar-refractivity contribution is 0.402. The van der Waals surface area contributed by atoms with Crippen molar-refractivity contribution < 1.29 is 0 Å². The molecule has 3 rings (SSSR count). The van der Waals surface area contributed by atoms with Crippen LogP contribution in [0, 0.1) is 5.92 Å². The molecule has 1 aliphatic rings. The van der Waals surface area contributed by atoms with E-state index in [0.29, 0.717) is 5.92 Å². The number of nitrogens with zero attached hydrogens (tertiary/aromatic N) is 3. The molecule has 0 saturated carbocycles. The highest BCUT2D eigenvalue weighted by atomic mass is 15.2. The average molecular weight is 242 g/mol. The van der Waals surface area contributed by atoms with E-state index in [-0.39, 0.29) is 6.04 Å². The van der Waals surface area contributed by atoms with Gasteiger partial charge in [0.15, 0.2) is 0 Å². The minimum absolute atomic E-state index is 0.258. The highest BCUT2D eigenvalue weighted by Gasteiger charge is 2.23. The molecular formula is C14H18N4. The molecule has 4 nitrogen and oxygen atoms in total. The summed E-state index contributed by atoms with van der Waals surface area (Å²) in [4.78, 5) is 10.8. The molecule has 2 atom stereocenters. The predicted molar refractivity (Wildman–Crippen MR) is 73.5 cm³/mol. The number of nitrogens with two attached hydrogens (primary N) is 1. The van der Waals surface area contributed by atoms with Gasteiger partial charge in [-0.3, -0.25) is 0 Å². The third kappa shape index (κ3) is 2.04. The Morgan fingerprint density at radius 1 is 1.33 bits per heavy atom. The van der Waals surface area contributed by atoms with Gasteiger partial charge in [-0.2, -0.15) is 0 Å². The molecule has 0 bridgehead atoms. The molecule has 0 aliphatic carbocycles. The van der Waals surface area contributed by atoms with Gasteiger partial charge in [0.25, 0.3) is 0 Å². The van der Waals surface area contributed by atoms with Gasteiger partial charge < -0.3 is 10.6 Å². The number of anilines is 1. The Morgan fingerprint density at radius 3 is 3.06 bits per heavy atom. The van der Waals surface area contributed by atoms with Crippen molar-refractivity contribution in [1.82, 2.24) is 9.97 Å². The van der Waals surface area contributed by atoms with Crippen LogP contribution in [0.4, 0.5) is 5.69 Å². The van der Waals surface area contributed by atoms with Gasteiger partial charge in [0.05, 0.1) is 5.52 Å². The lowest BCUT2D eigenvalue weighted by atomic mass is 9.96. The van der Waals surface area contributed by atoms with Crippen LogP contribution in [0.15, 0.2) is 30.7 Å². The van der Waals surface area contributed by atoms with E-state index in [9.17, 15) is 0 Å². The Hall–Kier alpha value is -1.68. The molecule has 18 heavy (non-hydrogen) atoms. The SMILES string of the molecule is CC1CC(N)CN(c2cccc3ncncc23)C1. The number of rotatable bonds is 1. The molecule has 1 aromatic carbocycles. The molecule has 94 valence electrons. The number of fused-ring (bicyclic) bond motifs is 1. The quantitative estimate of drug-likeness (QED) is 0.828. The zero-order chi connectivity index (χ0) is 12.5. The minimum Gasteiger partial charge on any atom is -0.369 e. The molecule has 0 radical (unpaired) electrons. The Balaban J connectivity index is 2.03. The van der Waals surface area contributed by atoms with Crippen LogP contribution in [0.1, 0.15) is 13.3 Å². The molecule has 0 spiro atoms. The summed E-state index contributed by atoms with van der Waals surface area (Å²) in [5.74, 6) is 0.633. The Bertz CT molecular complexity index is 539. The van der Waals surface area contributed by atoms with Crippen LogP contribution in [0.5, 0.6) is 0 Å². The van der Waals surface area contributed by atoms with Crippen LogP contribution in [0.2, 0.25) is 0 Å². The fraction of sp³-hybridized carbons (Fsp3) is 0.429. The first-order valence-electron chi connectivity index (χ1n) is 6.43. The fourth-order valence-corrected chi connectivity index (χ4v) is 2.86. The van der Waals surface area contributed by atoms with Gasteiger partial charge in [-0.15, -0.1) is 0 Å². The minimum atomic E-state index is 0.258. The van der Waals surface area contributed by atoms with Crippen LogP contribution in [-0.2, 0) is 0 Å². The zero-order valence-electron chi connectivity index (χ0n) is 10.6. The summed E-state index contributed by atoms with van der Waals surface area (Å²) >= 11 is 0. The van der Waals surface area contributed by atoms with Crippen molar-refractivity contribution >= 4 is 16.6 Å². The molecule has 1 aliphatic heterocycles. The largest absolute Gasteiger partial charge is 0.369 e. The Kier molecular flexibility index (Phi) is 2.88. The summed E-state index contributed by atoms with van der Waals surface area (Å²) in [6.45, 7) is 4.23. The van der Waals surface area contributed by atoms with Crippen LogP contribution in [-0.4, -0.2) is 29.1 Å². The van der Waals surface area contributed by atoms with Gasteiger partial charge in [0.1, 0.15) is 6.33 Å². The van der Waals surface area contributed by atoms with E-state index >= 15 is 0 Å². The van der Waals surface area contributed by atoms with Crippen molar-refractivity contribution in [3.63, 3.8) is 0 Å².